The minimum Gasteiger partial charge on any atom is -0.352 e. The van der Waals surface area contributed by atoms with Crippen LogP contribution in [0, 0.1) is 13.8 Å². The van der Waals surface area contributed by atoms with E-state index < -0.39 is 10.0 Å². The Morgan fingerprint density at radius 3 is 2.30 bits per heavy atom. The van der Waals surface area contributed by atoms with Crippen LogP contribution in [0.3, 0.4) is 0 Å². The van der Waals surface area contributed by atoms with Gasteiger partial charge in [-0.15, -0.1) is 5.10 Å². The van der Waals surface area contributed by atoms with E-state index in [-0.39, 0.29) is 0 Å². The quantitative estimate of drug-likeness (QED) is 0.773. The maximum atomic E-state index is 13.2. The second kappa shape index (κ2) is 6.87. The van der Waals surface area contributed by atoms with Crippen LogP contribution in [0.5, 0.6) is 0 Å². The van der Waals surface area contributed by atoms with Crippen molar-refractivity contribution in [2.24, 2.45) is 0 Å². The molecule has 8 nitrogen and oxygen atoms in total. The summed E-state index contributed by atoms with van der Waals surface area (Å²) in [4.78, 5) is 2.46. The van der Waals surface area contributed by atoms with Gasteiger partial charge < -0.3 is 4.90 Å². The highest BCUT2D eigenvalue weighted by molar-refractivity contribution is 7.89. The van der Waals surface area contributed by atoms with Crippen LogP contribution in [0.25, 0.3) is 0 Å². The van der Waals surface area contributed by atoms with Gasteiger partial charge in [0, 0.05) is 38.6 Å². The van der Waals surface area contributed by atoms with Gasteiger partial charge in [0.05, 0.1) is 17.1 Å². The van der Waals surface area contributed by atoms with Crippen LogP contribution in [-0.4, -0.2) is 58.9 Å². The van der Waals surface area contributed by atoms with Crippen LogP contribution in [-0.2, 0) is 16.6 Å². The number of nitrogens with zero attached hydrogens (tertiary/aromatic N) is 6. The van der Waals surface area contributed by atoms with Gasteiger partial charge in [-0.2, -0.15) is 14.5 Å². The number of anilines is 1. The van der Waals surface area contributed by atoms with Crippen molar-refractivity contribution >= 4 is 15.8 Å². The number of aromatic nitrogens is 4. The van der Waals surface area contributed by atoms with Crippen molar-refractivity contribution < 1.29 is 8.42 Å². The fourth-order valence-electron chi connectivity index (χ4n) is 3.75. The second-order valence-electron chi connectivity index (χ2n) is 7.30. The van der Waals surface area contributed by atoms with Crippen LogP contribution in [0.4, 0.5) is 5.82 Å². The Morgan fingerprint density at radius 2 is 1.78 bits per heavy atom. The molecule has 0 aromatic carbocycles. The van der Waals surface area contributed by atoms with Gasteiger partial charge in [-0.05, 0) is 45.7 Å². The normalized spacial score (nSPS) is 18.9. The molecule has 2 fully saturated rings. The fraction of sp³-hybridized carbons (Fsp3) is 0.611. The Kier molecular flexibility index (Phi) is 4.67. The number of aryl methyl sites for hydroxylation is 2. The van der Waals surface area contributed by atoms with E-state index in [9.17, 15) is 8.42 Å². The lowest BCUT2D eigenvalue weighted by atomic mass is 10.2. The molecule has 0 bridgehead atoms. The summed E-state index contributed by atoms with van der Waals surface area (Å²) in [6, 6.07) is 4.05. The molecule has 0 amide bonds. The smallest absolute Gasteiger partial charge is 0.246 e. The lowest BCUT2D eigenvalue weighted by molar-refractivity contribution is 0.383. The van der Waals surface area contributed by atoms with Gasteiger partial charge in [0.1, 0.15) is 4.90 Å². The summed E-state index contributed by atoms with van der Waals surface area (Å²) in [5.41, 5.74) is 2.34. The first-order valence-electron chi connectivity index (χ1n) is 9.54. The summed E-state index contributed by atoms with van der Waals surface area (Å²) in [6.07, 6.45) is 2.41. The minimum absolute atomic E-state index is 0.353. The molecule has 0 unspecified atom stereocenters. The Morgan fingerprint density at radius 1 is 1.07 bits per heavy atom. The summed E-state index contributed by atoms with van der Waals surface area (Å²) in [7, 11) is -3.54. The van der Waals surface area contributed by atoms with Gasteiger partial charge in [-0.1, -0.05) is 0 Å². The van der Waals surface area contributed by atoms with Gasteiger partial charge in [0.15, 0.2) is 5.82 Å². The molecule has 1 saturated heterocycles. The van der Waals surface area contributed by atoms with E-state index in [1.165, 1.54) is 12.8 Å². The van der Waals surface area contributed by atoms with Gasteiger partial charge >= 0.3 is 0 Å². The summed E-state index contributed by atoms with van der Waals surface area (Å²) in [6.45, 7) is 8.29. The molecule has 0 spiro atoms. The number of hydrogen-bond acceptors (Lipinski definition) is 6. The Bertz CT molecular complexity index is 926. The summed E-state index contributed by atoms with van der Waals surface area (Å²) in [5, 5.41) is 13.0. The van der Waals surface area contributed by atoms with Crippen molar-refractivity contribution in [3.05, 3.63) is 29.2 Å². The Labute approximate surface area is 160 Å². The van der Waals surface area contributed by atoms with Gasteiger partial charge in [-0.3, -0.25) is 4.68 Å². The van der Waals surface area contributed by atoms with Crippen LogP contribution >= 0.6 is 0 Å². The zero-order valence-corrected chi connectivity index (χ0v) is 16.9. The van der Waals surface area contributed by atoms with Crippen LogP contribution in [0.2, 0.25) is 0 Å². The zero-order valence-electron chi connectivity index (χ0n) is 16.1. The molecule has 146 valence electrons. The lowest BCUT2D eigenvalue weighted by Gasteiger charge is -2.34. The number of piperazine rings is 1. The van der Waals surface area contributed by atoms with Gasteiger partial charge in [0.25, 0.3) is 0 Å². The third-order valence-electron chi connectivity index (χ3n) is 5.44. The predicted octanol–water partition coefficient (Wildman–Crippen LogP) is 1.70. The van der Waals surface area contributed by atoms with E-state index in [1.807, 2.05) is 19.9 Å². The number of hydrogen-bond donors (Lipinski definition) is 0. The number of sulfonamides is 1. The van der Waals surface area contributed by atoms with E-state index >= 15 is 0 Å². The van der Waals surface area contributed by atoms with Crippen molar-refractivity contribution in [3.63, 3.8) is 0 Å². The van der Waals surface area contributed by atoms with Crippen LogP contribution in [0.15, 0.2) is 17.0 Å². The Hall–Kier alpha value is -2.00. The zero-order chi connectivity index (χ0) is 19.2. The molecule has 4 rings (SSSR count). The van der Waals surface area contributed by atoms with Crippen molar-refractivity contribution in [2.45, 2.75) is 51.0 Å². The molecule has 27 heavy (non-hydrogen) atoms. The standard InChI is InChI=1S/C18H26N6O2S/c1-4-24-14(3)18(13(2)21-24)27(25,26)23-11-9-22(10-12-23)17-8-7-16(19-20-17)15-5-6-15/h7-8,15H,4-6,9-12H2,1-3H3. The maximum Gasteiger partial charge on any atom is 0.246 e. The molecule has 1 saturated carbocycles. The van der Waals surface area contributed by atoms with Crippen LogP contribution in [0.1, 0.15) is 42.8 Å². The molecular formula is C18H26N6O2S. The fourth-order valence-corrected chi connectivity index (χ4v) is 5.54. The maximum absolute atomic E-state index is 13.2. The molecule has 0 radical (unpaired) electrons. The summed E-state index contributed by atoms with van der Waals surface area (Å²) < 4.78 is 29.6. The summed E-state index contributed by atoms with van der Waals surface area (Å²) in [5.74, 6) is 1.41. The molecule has 2 aromatic rings. The first kappa shape index (κ1) is 18.4. The molecule has 1 aliphatic heterocycles. The molecule has 1 aliphatic carbocycles. The van der Waals surface area contributed by atoms with Gasteiger partial charge in [-0.25, -0.2) is 8.42 Å². The first-order chi connectivity index (χ1) is 12.9. The molecule has 3 heterocycles. The molecule has 9 heteroatoms. The third-order valence-corrected chi connectivity index (χ3v) is 7.59. The number of rotatable bonds is 5. The van der Waals surface area contributed by atoms with E-state index in [4.69, 9.17) is 0 Å². The highest BCUT2D eigenvalue weighted by Crippen LogP contribution is 2.38. The highest BCUT2D eigenvalue weighted by Gasteiger charge is 2.33. The average Bonchev–Trinajstić information content (AvgIpc) is 3.47. The van der Waals surface area contributed by atoms with Crippen molar-refractivity contribution in [1.29, 1.82) is 0 Å². The van der Waals surface area contributed by atoms with Crippen molar-refractivity contribution in [2.75, 3.05) is 31.1 Å². The molecule has 2 aliphatic rings. The van der Waals surface area contributed by atoms with Crippen molar-refractivity contribution in [3.8, 4) is 0 Å². The van der Waals surface area contributed by atoms with E-state index in [2.05, 4.69) is 26.3 Å². The lowest BCUT2D eigenvalue weighted by Crippen LogP contribution is -2.49. The SMILES string of the molecule is CCn1nc(C)c(S(=O)(=O)N2CCN(c3ccc(C4CC4)nn3)CC2)c1C. The monoisotopic (exact) mass is 390 g/mol. The largest absolute Gasteiger partial charge is 0.352 e. The van der Waals surface area contributed by atoms with E-state index in [1.54, 1.807) is 15.9 Å². The average molecular weight is 391 g/mol. The molecule has 2 aromatic heterocycles. The highest BCUT2D eigenvalue weighted by atomic mass is 32.2. The predicted molar refractivity (Wildman–Crippen MR) is 102 cm³/mol. The minimum atomic E-state index is -3.54. The molecule has 0 atom stereocenters. The molecule has 0 N–H and O–H groups in total. The van der Waals surface area contributed by atoms with Gasteiger partial charge in [0.2, 0.25) is 10.0 Å². The second-order valence-corrected chi connectivity index (χ2v) is 9.17. The Balaban J connectivity index is 1.47. The first-order valence-corrected chi connectivity index (χ1v) is 11.0. The van der Waals surface area contributed by atoms with Crippen molar-refractivity contribution in [1.82, 2.24) is 24.3 Å². The third kappa shape index (κ3) is 3.34. The molecular weight excluding hydrogens is 364 g/mol. The van der Waals surface area contributed by atoms with Crippen LogP contribution < -0.4 is 4.90 Å². The van der Waals surface area contributed by atoms with E-state index in [0.717, 1.165) is 11.5 Å². The topological polar surface area (TPSA) is 84.2 Å². The van der Waals surface area contributed by atoms with E-state index in [0.29, 0.717) is 54.9 Å². The summed E-state index contributed by atoms with van der Waals surface area (Å²) >= 11 is 0.